The third-order valence-corrected chi connectivity index (χ3v) is 2.93. The second-order valence-electron chi connectivity index (χ2n) is 4.31. The number of anilines is 1. The van der Waals surface area contributed by atoms with Gasteiger partial charge in [0.25, 0.3) is 0 Å². The highest BCUT2D eigenvalue weighted by Gasteiger charge is 2.09. The van der Waals surface area contributed by atoms with Crippen molar-refractivity contribution in [3.63, 3.8) is 0 Å². The summed E-state index contributed by atoms with van der Waals surface area (Å²) in [6.07, 6.45) is 0. The van der Waals surface area contributed by atoms with Crippen LogP contribution in [0.3, 0.4) is 0 Å². The van der Waals surface area contributed by atoms with Crippen molar-refractivity contribution in [2.45, 2.75) is 13.5 Å². The SMILES string of the molecule is CCN(Cc1cccc(C(=O)O)n1)c1cccc(F)c1. The predicted molar refractivity (Wildman–Crippen MR) is 74.3 cm³/mol. The number of pyridine rings is 1. The van der Waals surface area contributed by atoms with Crippen LogP contribution in [-0.4, -0.2) is 22.6 Å². The quantitative estimate of drug-likeness (QED) is 0.910. The van der Waals surface area contributed by atoms with Gasteiger partial charge >= 0.3 is 5.97 Å². The fourth-order valence-corrected chi connectivity index (χ4v) is 1.94. The van der Waals surface area contributed by atoms with Gasteiger partial charge in [0.15, 0.2) is 0 Å². The van der Waals surface area contributed by atoms with E-state index < -0.39 is 5.97 Å². The monoisotopic (exact) mass is 274 g/mol. The lowest BCUT2D eigenvalue weighted by atomic mass is 10.2. The molecule has 1 N–H and O–H groups in total. The van der Waals surface area contributed by atoms with Crippen molar-refractivity contribution >= 4 is 11.7 Å². The molecule has 0 atom stereocenters. The highest BCUT2D eigenvalue weighted by Crippen LogP contribution is 2.17. The lowest BCUT2D eigenvalue weighted by molar-refractivity contribution is 0.0690. The van der Waals surface area contributed by atoms with Gasteiger partial charge in [-0.3, -0.25) is 0 Å². The van der Waals surface area contributed by atoms with Crippen molar-refractivity contribution in [3.05, 3.63) is 59.7 Å². The number of carboxylic acid groups (broad SMARTS) is 1. The molecule has 104 valence electrons. The van der Waals surface area contributed by atoms with Crippen molar-refractivity contribution in [1.29, 1.82) is 0 Å². The van der Waals surface area contributed by atoms with Crippen molar-refractivity contribution in [3.8, 4) is 0 Å². The zero-order valence-electron chi connectivity index (χ0n) is 11.1. The standard InChI is InChI=1S/C15H15FN2O2/c1-2-18(13-7-3-5-11(16)9-13)10-12-6-4-8-14(17-12)15(19)20/h3-9H,2,10H2,1H3,(H,19,20). The summed E-state index contributed by atoms with van der Waals surface area (Å²) < 4.78 is 13.3. The smallest absolute Gasteiger partial charge is 0.354 e. The maximum Gasteiger partial charge on any atom is 0.354 e. The van der Waals surface area contributed by atoms with Gasteiger partial charge in [-0.05, 0) is 37.3 Å². The van der Waals surface area contributed by atoms with E-state index in [0.717, 1.165) is 5.69 Å². The Morgan fingerprint density at radius 3 is 2.70 bits per heavy atom. The Hall–Kier alpha value is -2.43. The summed E-state index contributed by atoms with van der Waals surface area (Å²) in [6, 6.07) is 11.2. The second kappa shape index (κ2) is 6.14. The third-order valence-electron chi connectivity index (χ3n) is 2.93. The molecule has 0 spiro atoms. The molecule has 0 fully saturated rings. The van der Waals surface area contributed by atoms with E-state index in [1.54, 1.807) is 18.2 Å². The van der Waals surface area contributed by atoms with Crippen LogP contribution in [-0.2, 0) is 6.54 Å². The Morgan fingerprint density at radius 2 is 2.05 bits per heavy atom. The van der Waals surface area contributed by atoms with Crippen LogP contribution in [0.4, 0.5) is 10.1 Å². The molecule has 2 rings (SSSR count). The Morgan fingerprint density at radius 1 is 1.30 bits per heavy atom. The van der Waals surface area contributed by atoms with Gasteiger partial charge in [0, 0.05) is 12.2 Å². The molecule has 1 heterocycles. The molecule has 0 aliphatic carbocycles. The number of aromatic nitrogens is 1. The molecule has 5 heteroatoms. The number of rotatable bonds is 5. The zero-order chi connectivity index (χ0) is 14.5. The number of halogens is 1. The summed E-state index contributed by atoms with van der Waals surface area (Å²) in [5, 5.41) is 8.93. The Kier molecular flexibility index (Phi) is 4.30. The van der Waals surface area contributed by atoms with Gasteiger partial charge in [0.1, 0.15) is 11.5 Å². The molecule has 0 radical (unpaired) electrons. The summed E-state index contributed by atoms with van der Waals surface area (Å²) in [6.45, 7) is 3.05. The maximum atomic E-state index is 13.3. The minimum atomic E-state index is -1.05. The van der Waals surface area contributed by atoms with Crippen LogP contribution >= 0.6 is 0 Å². The molecule has 4 nitrogen and oxygen atoms in total. The highest BCUT2D eigenvalue weighted by atomic mass is 19.1. The van der Waals surface area contributed by atoms with Crippen LogP contribution in [0.5, 0.6) is 0 Å². The minimum absolute atomic E-state index is 0.0118. The minimum Gasteiger partial charge on any atom is -0.477 e. The van der Waals surface area contributed by atoms with Crippen LogP contribution in [0.1, 0.15) is 23.1 Å². The van der Waals surface area contributed by atoms with Gasteiger partial charge < -0.3 is 10.0 Å². The first-order valence-corrected chi connectivity index (χ1v) is 6.30. The number of benzene rings is 1. The fourth-order valence-electron chi connectivity index (χ4n) is 1.94. The molecule has 0 saturated carbocycles. The molecule has 0 aliphatic heterocycles. The van der Waals surface area contributed by atoms with E-state index >= 15 is 0 Å². The Labute approximate surface area is 116 Å². The average molecular weight is 274 g/mol. The second-order valence-corrected chi connectivity index (χ2v) is 4.31. The number of hydrogen-bond donors (Lipinski definition) is 1. The topological polar surface area (TPSA) is 53.4 Å². The first-order chi connectivity index (χ1) is 9.60. The van der Waals surface area contributed by atoms with Crippen molar-refractivity contribution in [2.24, 2.45) is 0 Å². The molecular weight excluding hydrogens is 259 g/mol. The summed E-state index contributed by atoms with van der Waals surface area (Å²) in [5.74, 6) is -1.35. The van der Waals surface area contributed by atoms with Crippen LogP contribution in [0, 0.1) is 5.82 Å². The normalized spacial score (nSPS) is 10.3. The molecule has 0 amide bonds. The van der Waals surface area contributed by atoms with Gasteiger partial charge in [-0.2, -0.15) is 0 Å². The maximum absolute atomic E-state index is 13.3. The van der Waals surface area contributed by atoms with E-state index in [-0.39, 0.29) is 11.5 Å². The molecule has 1 aromatic carbocycles. The third kappa shape index (κ3) is 3.32. The summed E-state index contributed by atoms with van der Waals surface area (Å²) in [7, 11) is 0. The summed E-state index contributed by atoms with van der Waals surface area (Å²) >= 11 is 0. The van der Waals surface area contributed by atoms with Gasteiger partial charge in [0.05, 0.1) is 12.2 Å². The first kappa shape index (κ1) is 14.0. The van der Waals surface area contributed by atoms with Crippen LogP contribution in [0.2, 0.25) is 0 Å². The van der Waals surface area contributed by atoms with Crippen molar-refractivity contribution < 1.29 is 14.3 Å². The van der Waals surface area contributed by atoms with E-state index in [1.807, 2.05) is 17.9 Å². The van der Waals surface area contributed by atoms with E-state index in [9.17, 15) is 9.18 Å². The molecule has 0 saturated heterocycles. The predicted octanol–water partition coefficient (Wildman–Crippen LogP) is 2.95. The fraction of sp³-hybridized carbons (Fsp3) is 0.200. The lowest BCUT2D eigenvalue weighted by Gasteiger charge is -2.22. The molecule has 1 aromatic heterocycles. The number of hydrogen-bond acceptors (Lipinski definition) is 3. The van der Waals surface area contributed by atoms with Gasteiger partial charge in [0.2, 0.25) is 0 Å². The number of aromatic carboxylic acids is 1. The van der Waals surface area contributed by atoms with Crippen LogP contribution in [0.25, 0.3) is 0 Å². The van der Waals surface area contributed by atoms with Gasteiger partial charge in [-0.1, -0.05) is 12.1 Å². The van der Waals surface area contributed by atoms with Gasteiger partial charge in [-0.25, -0.2) is 14.2 Å². The Balaban J connectivity index is 2.22. The van der Waals surface area contributed by atoms with E-state index in [2.05, 4.69) is 4.98 Å². The van der Waals surface area contributed by atoms with E-state index in [1.165, 1.54) is 18.2 Å². The van der Waals surface area contributed by atoms with Gasteiger partial charge in [-0.15, -0.1) is 0 Å². The molecule has 2 aromatic rings. The van der Waals surface area contributed by atoms with Crippen molar-refractivity contribution in [2.75, 3.05) is 11.4 Å². The van der Waals surface area contributed by atoms with E-state index in [4.69, 9.17) is 5.11 Å². The molecule has 20 heavy (non-hydrogen) atoms. The largest absolute Gasteiger partial charge is 0.477 e. The van der Waals surface area contributed by atoms with E-state index in [0.29, 0.717) is 18.8 Å². The molecular formula is C15H15FN2O2. The molecule has 0 aliphatic rings. The first-order valence-electron chi connectivity index (χ1n) is 6.30. The summed E-state index contributed by atoms with van der Waals surface area (Å²) in [4.78, 5) is 16.9. The molecule has 0 unspecified atom stereocenters. The zero-order valence-corrected chi connectivity index (χ0v) is 11.1. The average Bonchev–Trinajstić information content (AvgIpc) is 2.45. The highest BCUT2D eigenvalue weighted by molar-refractivity contribution is 5.85. The van der Waals surface area contributed by atoms with Crippen molar-refractivity contribution in [1.82, 2.24) is 4.98 Å². The van der Waals surface area contributed by atoms with Crippen LogP contribution in [0.15, 0.2) is 42.5 Å². The summed E-state index contributed by atoms with van der Waals surface area (Å²) in [5.41, 5.74) is 1.39. The Bertz CT molecular complexity index is 616. The molecule has 0 bridgehead atoms. The number of carbonyl (C=O) groups is 1. The lowest BCUT2D eigenvalue weighted by Crippen LogP contribution is -2.23. The van der Waals surface area contributed by atoms with Crippen LogP contribution < -0.4 is 4.90 Å². The number of nitrogens with zero attached hydrogens (tertiary/aromatic N) is 2. The number of carboxylic acids is 1.